The Kier molecular flexibility index (Phi) is 3.71. The van der Waals surface area contributed by atoms with E-state index in [1.54, 1.807) is 6.20 Å². The van der Waals surface area contributed by atoms with Crippen LogP contribution in [0.5, 0.6) is 0 Å². The second kappa shape index (κ2) is 5.06. The number of nitrogens with one attached hydrogen (secondary N) is 1. The molecule has 16 heavy (non-hydrogen) atoms. The second-order valence-corrected chi connectivity index (χ2v) is 5.27. The minimum absolute atomic E-state index is 0.158. The van der Waals surface area contributed by atoms with Crippen LogP contribution in [0.25, 0.3) is 0 Å². The summed E-state index contributed by atoms with van der Waals surface area (Å²) in [6, 6.07) is 3.82. The maximum atomic E-state index is 12.0. The maximum Gasteiger partial charge on any atom is 0.143 e. The molecule has 0 aliphatic carbocycles. The summed E-state index contributed by atoms with van der Waals surface area (Å²) in [6.07, 6.45) is 2.18. The van der Waals surface area contributed by atoms with Gasteiger partial charge in [-0.25, -0.2) is 0 Å². The average Bonchev–Trinajstić information content (AvgIpc) is 2.68. The van der Waals surface area contributed by atoms with Crippen LogP contribution in [0, 0.1) is 11.8 Å². The fraction of sp³-hybridized carbons (Fsp3) is 0.500. The monoisotopic (exact) mass is 282 g/mol. The quantitative estimate of drug-likeness (QED) is 0.920. The van der Waals surface area contributed by atoms with Crippen LogP contribution >= 0.6 is 15.9 Å². The summed E-state index contributed by atoms with van der Waals surface area (Å²) in [5.41, 5.74) is 0.854. The van der Waals surface area contributed by atoms with Crippen molar-refractivity contribution in [3.63, 3.8) is 0 Å². The minimum Gasteiger partial charge on any atom is -0.316 e. The lowest BCUT2D eigenvalue weighted by molar-refractivity contribution is -0.122. The Morgan fingerprint density at radius 1 is 1.56 bits per heavy atom. The number of hydrogen-bond donors (Lipinski definition) is 1. The predicted octanol–water partition coefficient (Wildman–Crippen LogP) is 1.81. The Morgan fingerprint density at radius 2 is 2.38 bits per heavy atom. The van der Waals surface area contributed by atoms with Crippen LogP contribution in [0.15, 0.2) is 22.8 Å². The van der Waals surface area contributed by atoms with Gasteiger partial charge >= 0.3 is 0 Å². The summed E-state index contributed by atoms with van der Waals surface area (Å²) in [4.78, 5) is 16.2. The largest absolute Gasteiger partial charge is 0.316 e. The summed E-state index contributed by atoms with van der Waals surface area (Å²) in [6.45, 7) is 3.89. The normalized spacial score (nSPS) is 24.6. The highest BCUT2D eigenvalue weighted by Crippen LogP contribution is 2.18. The Labute approximate surface area is 104 Å². The average molecular weight is 283 g/mol. The Balaban J connectivity index is 1.99. The molecule has 1 aromatic heterocycles. The molecule has 0 aromatic carbocycles. The van der Waals surface area contributed by atoms with E-state index >= 15 is 0 Å². The van der Waals surface area contributed by atoms with Crippen LogP contribution in [0.3, 0.4) is 0 Å². The number of carbonyl (C=O) groups is 1. The van der Waals surface area contributed by atoms with Crippen molar-refractivity contribution < 1.29 is 4.79 Å². The molecule has 2 atom stereocenters. The fourth-order valence-corrected chi connectivity index (χ4v) is 2.30. The molecule has 0 amide bonds. The lowest BCUT2D eigenvalue weighted by Gasteiger charge is -2.12. The third-order valence-electron chi connectivity index (χ3n) is 3.08. The van der Waals surface area contributed by atoms with Gasteiger partial charge in [-0.1, -0.05) is 6.92 Å². The molecule has 2 rings (SSSR count). The molecule has 1 saturated heterocycles. The summed E-state index contributed by atoms with van der Waals surface area (Å²) in [7, 11) is 0. The molecule has 0 saturated carbocycles. The lowest BCUT2D eigenvalue weighted by Crippen LogP contribution is -2.23. The number of halogens is 1. The van der Waals surface area contributed by atoms with Gasteiger partial charge in [-0.15, -0.1) is 0 Å². The van der Waals surface area contributed by atoms with E-state index < -0.39 is 0 Å². The zero-order valence-electron chi connectivity index (χ0n) is 9.24. The molecule has 4 heteroatoms. The molecule has 1 aliphatic heterocycles. The standard InChI is InChI=1S/C12H15BrN2O/c1-8-5-14-7-11(8)12(16)4-10-3-2-9(13)6-15-10/h2-3,6,8,11,14H,4-5,7H2,1H3. The highest BCUT2D eigenvalue weighted by Gasteiger charge is 2.29. The Hall–Kier alpha value is -0.740. The molecule has 0 radical (unpaired) electrons. The molecule has 2 unspecified atom stereocenters. The molecule has 3 nitrogen and oxygen atoms in total. The van der Waals surface area contributed by atoms with E-state index in [2.05, 4.69) is 33.2 Å². The number of Topliss-reactive ketones (excluding diaryl/α,β-unsaturated/α-hetero) is 1. The van der Waals surface area contributed by atoms with Crippen molar-refractivity contribution >= 4 is 21.7 Å². The third kappa shape index (κ3) is 2.68. The molecular formula is C12H15BrN2O. The van der Waals surface area contributed by atoms with E-state index in [4.69, 9.17) is 0 Å². The van der Waals surface area contributed by atoms with Crippen molar-refractivity contribution in [1.82, 2.24) is 10.3 Å². The van der Waals surface area contributed by atoms with Crippen molar-refractivity contribution in [3.8, 4) is 0 Å². The van der Waals surface area contributed by atoms with Gasteiger partial charge in [0.2, 0.25) is 0 Å². The van der Waals surface area contributed by atoms with Crippen LogP contribution in [0.2, 0.25) is 0 Å². The first-order chi connectivity index (χ1) is 7.66. The third-order valence-corrected chi connectivity index (χ3v) is 3.54. The molecular weight excluding hydrogens is 268 g/mol. The van der Waals surface area contributed by atoms with E-state index in [0.717, 1.165) is 23.3 Å². The van der Waals surface area contributed by atoms with Gasteiger partial charge < -0.3 is 5.32 Å². The van der Waals surface area contributed by atoms with Crippen LogP contribution in [-0.2, 0) is 11.2 Å². The van der Waals surface area contributed by atoms with Gasteiger partial charge in [-0.2, -0.15) is 0 Å². The highest BCUT2D eigenvalue weighted by molar-refractivity contribution is 9.10. The molecule has 2 heterocycles. The van der Waals surface area contributed by atoms with Gasteiger partial charge in [-0.3, -0.25) is 9.78 Å². The number of carbonyl (C=O) groups excluding carboxylic acids is 1. The number of ketones is 1. The van der Waals surface area contributed by atoms with E-state index in [1.165, 1.54) is 0 Å². The zero-order chi connectivity index (χ0) is 11.5. The van der Waals surface area contributed by atoms with Crippen molar-refractivity contribution in [2.75, 3.05) is 13.1 Å². The van der Waals surface area contributed by atoms with Gasteiger partial charge in [0, 0.05) is 35.2 Å². The lowest BCUT2D eigenvalue weighted by atomic mass is 9.91. The molecule has 0 spiro atoms. The Bertz CT molecular complexity index is 377. The highest BCUT2D eigenvalue weighted by atomic mass is 79.9. The van der Waals surface area contributed by atoms with E-state index in [9.17, 15) is 4.79 Å². The summed E-state index contributed by atoms with van der Waals surface area (Å²) < 4.78 is 0.944. The van der Waals surface area contributed by atoms with Gasteiger partial charge in [0.15, 0.2) is 0 Å². The molecule has 1 aliphatic rings. The first-order valence-corrected chi connectivity index (χ1v) is 6.30. The van der Waals surface area contributed by atoms with Gasteiger partial charge in [0.1, 0.15) is 5.78 Å². The number of rotatable bonds is 3. The Morgan fingerprint density at radius 3 is 2.94 bits per heavy atom. The molecule has 1 aromatic rings. The van der Waals surface area contributed by atoms with Gasteiger partial charge in [0.25, 0.3) is 0 Å². The topological polar surface area (TPSA) is 42.0 Å². The summed E-state index contributed by atoms with van der Waals surface area (Å²) >= 11 is 3.33. The minimum atomic E-state index is 0.158. The predicted molar refractivity (Wildman–Crippen MR) is 66.2 cm³/mol. The second-order valence-electron chi connectivity index (χ2n) is 4.35. The number of nitrogens with zero attached hydrogens (tertiary/aromatic N) is 1. The summed E-state index contributed by atoms with van der Waals surface area (Å²) in [5.74, 6) is 0.903. The molecule has 1 fully saturated rings. The zero-order valence-corrected chi connectivity index (χ0v) is 10.8. The van der Waals surface area contributed by atoms with Gasteiger partial charge in [0.05, 0.1) is 0 Å². The van der Waals surface area contributed by atoms with Crippen molar-refractivity contribution in [2.45, 2.75) is 13.3 Å². The summed E-state index contributed by atoms with van der Waals surface area (Å²) in [5, 5.41) is 3.25. The smallest absolute Gasteiger partial charge is 0.143 e. The van der Waals surface area contributed by atoms with Crippen LogP contribution in [0.1, 0.15) is 12.6 Å². The SMILES string of the molecule is CC1CNCC1C(=O)Cc1ccc(Br)cn1. The van der Waals surface area contributed by atoms with Crippen molar-refractivity contribution in [2.24, 2.45) is 11.8 Å². The van der Waals surface area contributed by atoms with Gasteiger partial charge in [-0.05, 0) is 40.5 Å². The van der Waals surface area contributed by atoms with Crippen LogP contribution in [-0.4, -0.2) is 23.9 Å². The van der Waals surface area contributed by atoms with Crippen molar-refractivity contribution in [3.05, 3.63) is 28.5 Å². The van der Waals surface area contributed by atoms with E-state index in [1.807, 2.05) is 12.1 Å². The van der Waals surface area contributed by atoms with E-state index in [-0.39, 0.29) is 5.92 Å². The van der Waals surface area contributed by atoms with Crippen LogP contribution in [0.4, 0.5) is 0 Å². The molecule has 86 valence electrons. The molecule has 0 bridgehead atoms. The first-order valence-electron chi connectivity index (χ1n) is 5.50. The van der Waals surface area contributed by atoms with Crippen molar-refractivity contribution in [1.29, 1.82) is 0 Å². The fourth-order valence-electron chi connectivity index (χ4n) is 2.06. The maximum absolute atomic E-state index is 12.0. The number of hydrogen-bond acceptors (Lipinski definition) is 3. The number of pyridine rings is 1. The van der Waals surface area contributed by atoms with E-state index in [0.29, 0.717) is 18.1 Å². The number of aromatic nitrogens is 1. The first kappa shape index (κ1) is 11.7. The molecule has 1 N–H and O–H groups in total. The van der Waals surface area contributed by atoms with Crippen LogP contribution < -0.4 is 5.32 Å².